The molecule has 6 atom stereocenters. The Kier molecular flexibility index (Phi) is 30.2. The zero-order valence-corrected chi connectivity index (χ0v) is 33.2. The highest BCUT2D eigenvalue weighted by Crippen LogP contribution is 2.36. The Morgan fingerprint density at radius 1 is 0.596 bits per heavy atom. The minimum absolute atomic E-state index is 0.0412. The van der Waals surface area contributed by atoms with Crippen LogP contribution in [-0.4, -0.2) is 75.8 Å². The van der Waals surface area contributed by atoms with Gasteiger partial charge in [-0.3, -0.25) is 14.4 Å². The van der Waals surface area contributed by atoms with Gasteiger partial charge in [0.15, 0.2) is 0 Å². The van der Waals surface area contributed by atoms with Crippen LogP contribution >= 0.6 is 0 Å². The molecule has 52 heavy (non-hydrogen) atoms. The van der Waals surface area contributed by atoms with Crippen LogP contribution in [0.25, 0.3) is 0 Å². The molecule has 0 spiro atoms. The summed E-state index contributed by atoms with van der Waals surface area (Å²) in [5.74, 6) is -1.66. The summed E-state index contributed by atoms with van der Waals surface area (Å²) in [6, 6.07) is 0. The monoisotopic (exact) mass is 739 g/mol. The zero-order valence-electron chi connectivity index (χ0n) is 33.2. The topological polar surface area (TPSA) is 151 Å². The van der Waals surface area contributed by atoms with Crippen molar-refractivity contribution in [3.05, 3.63) is 12.2 Å². The molecule has 9 nitrogen and oxygen atoms in total. The largest absolute Gasteiger partial charge is 0.463 e. The number of carbonyl (C=O) groups excluding carboxylic acids is 3. The molecule has 1 saturated carbocycles. The first-order valence-corrected chi connectivity index (χ1v) is 21.4. The number of aliphatic hydroxyl groups excluding tert-OH is 4. The molecule has 1 aliphatic rings. The second-order valence-corrected chi connectivity index (χ2v) is 15.4. The lowest BCUT2D eigenvalue weighted by Crippen LogP contribution is -2.25. The Morgan fingerprint density at radius 3 is 1.52 bits per heavy atom. The molecule has 0 unspecified atom stereocenters. The van der Waals surface area contributed by atoms with E-state index in [2.05, 4.69) is 13.8 Å². The molecule has 0 bridgehead atoms. The average Bonchev–Trinajstić information content (AvgIpc) is 3.39. The maximum Gasteiger partial charge on any atom is 0.305 e. The molecule has 1 aliphatic carbocycles. The van der Waals surface area contributed by atoms with Crippen molar-refractivity contribution in [1.82, 2.24) is 0 Å². The van der Waals surface area contributed by atoms with E-state index in [9.17, 15) is 34.8 Å². The summed E-state index contributed by atoms with van der Waals surface area (Å²) >= 11 is 0. The van der Waals surface area contributed by atoms with Gasteiger partial charge in [0.2, 0.25) is 0 Å². The van der Waals surface area contributed by atoms with Gasteiger partial charge >= 0.3 is 11.9 Å². The van der Waals surface area contributed by atoms with Crippen LogP contribution in [0.1, 0.15) is 194 Å². The number of hydrogen-bond acceptors (Lipinski definition) is 9. The van der Waals surface area contributed by atoms with Gasteiger partial charge in [-0.1, -0.05) is 148 Å². The Bertz CT molecular complexity index is 922. The van der Waals surface area contributed by atoms with Crippen molar-refractivity contribution in [2.24, 2.45) is 11.8 Å². The number of aliphatic hydroxyl groups is 4. The number of ketones is 1. The number of hydrogen-bond donors (Lipinski definition) is 4. The Hall–Kier alpha value is -1.81. The summed E-state index contributed by atoms with van der Waals surface area (Å²) in [4.78, 5) is 36.8. The third-order valence-corrected chi connectivity index (χ3v) is 10.5. The van der Waals surface area contributed by atoms with Crippen molar-refractivity contribution < 1.29 is 44.3 Å². The van der Waals surface area contributed by atoms with Gasteiger partial charge in [-0.25, -0.2) is 0 Å². The maximum absolute atomic E-state index is 12.7. The number of Topliss-reactive ketones (excluding diaryl/α,β-unsaturated/α-hetero) is 1. The van der Waals surface area contributed by atoms with E-state index in [1.807, 2.05) is 0 Å². The van der Waals surface area contributed by atoms with E-state index >= 15 is 0 Å². The Morgan fingerprint density at radius 2 is 1.02 bits per heavy atom. The molecule has 0 aromatic heterocycles. The number of rotatable bonds is 35. The van der Waals surface area contributed by atoms with E-state index in [0.29, 0.717) is 25.7 Å². The summed E-state index contributed by atoms with van der Waals surface area (Å²) < 4.78 is 10.3. The SMILES string of the molecule is CCCCCCCCCCCCCCCCCCCC(=O)OC[C@H](O)COC(=O)CCCCC(=O)C[C@@H]1[C@@H](/C=C/[C@@H](O)CCCCC)[C@H](O)C[C@@H]1O. The van der Waals surface area contributed by atoms with Gasteiger partial charge in [0, 0.05) is 43.9 Å². The highest BCUT2D eigenvalue weighted by Gasteiger charge is 2.41. The molecule has 0 aromatic rings. The first-order chi connectivity index (χ1) is 25.2. The summed E-state index contributed by atoms with van der Waals surface area (Å²) in [6.45, 7) is 3.90. The van der Waals surface area contributed by atoms with Crippen LogP contribution in [0.15, 0.2) is 12.2 Å². The van der Waals surface area contributed by atoms with Crippen LogP contribution in [0.4, 0.5) is 0 Å². The molecule has 304 valence electrons. The average molecular weight is 739 g/mol. The van der Waals surface area contributed by atoms with Crippen molar-refractivity contribution in [1.29, 1.82) is 0 Å². The lowest BCUT2D eigenvalue weighted by Gasteiger charge is -2.20. The fraction of sp³-hybridized carbons (Fsp3) is 0.884. The molecule has 0 aliphatic heterocycles. The number of unbranched alkanes of at least 4 members (excludes halogenated alkanes) is 19. The highest BCUT2D eigenvalue weighted by molar-refractivity contribution is 5.79. The van der Waals surface area contributed by atoms with E-state index in [-0.39, 0.29) is 56.6 Å². The van der Waals surface area contributed by atoms with Gasteiger partial charge in [-0.05, 0) is 25.7 Å². The Labute approximate surface area is 316 Å². The van der Waals surface area contributed by atoms with E-state index in [1.54, 1.807) is 12.2 Å². The highest BCUT2D eigenvalue weighted by atomic mass is 16.6. The first kappa shape index (κ1) is 48.2. The summed E-state index contributed by atoms with van der Waals surface area (Å²) in [5, 5.41) is 41.1. The molecule has 1 fully saturated rings. The van der Waals surface area contributed by atoms with Crippen LogP contribution in [-0.2, 0) is 23.9 Å². The van der Waals surface area contributed by atoms with Crippen LogP contribution in [0.5, 0.6) is 0 Å². The van der Waals surface area contributed by atoms with Gasteiger partial charge in [-0.2, -0.15) is 0 Å². The van der Waals surface area contributed by atoms with Gasteiger partial charge in [-0.15, -0.1) is 0 Å². The minimum atomic E-state index is -1.09. The van der Waals surface area contributed by atoms with Gasteiger partial charge in [0.25, 0.3) is 0 Å². The third-order valence-electron chi connectivity index (χ3n) is 10.5. The van der Waals surface area contributed by atoms with Gasteiger partial charge in [0.1, 0.15) is 25.1 Å². The van der Waals surface area contributed by atoms with Gasteiger partial charge < -0.3 is 29.9 Å². The van der Waals surface area contributed by atoms with Crippen LogP contribution in [0, 0.1) is 11.8 Å². The van der Waals surface area contributed by atoms with Crippen molar-refractivity contribution in [3.8, 4) is 0 Å². The van der Waals surface area contributed by atoms with Crippen molar-refractivity contribution in [2.75, 3.05) is 13.2 Å². The fourth-order valence-corrected chi connectivity index (χ4v) is 7.14. The van der Waals surface area contributed by atoms with Crippen LogP contribution < -0.4 is 0 Å². The van der Waals surface area contributed by atoms with E-state index in [4.69, 9.17) is 9.47 Å². The number of ether oxygens (including phenoxy) is 2. The van der Waals surface area contributed by atoms with E-state index in [1.165, 1.54) is 89.9 Å². The Balaban J connectivity index is 2.02. The molecule has 1 rings (SSSR count). The standard InChI is InChI=1S/C43H78O9/c1-3-5-7-8-9-10-11-12-13-14-15-16-17-18-19-20-22-27-42(49)51-33-37(46)34-52-43(50)28-24-23-26-36(45)31-39-38(40(47)32-41(39)48)30-29-35(44)25-21-6-4-2/h29-30,35,37-41,44,46-48H,3-28,31-34H2,1-2H3/b30-29+/t35-,37-,38+,39+,40+,41-/m0/s1. The molecule has 0 heterocycles. The zero-order chi connectivity index (χ0) is 38.2. The second kappa shape index (κ2) is 32.6. The molecule has 0 aromatic carbocycles. The molecule has 9 heteroatoms. The maximum atomic E-state index is 12.7. The first-order valence-electron chi connectivity index (χ1n) is 21.4. The molecule has 0 saturated heterocycles. The lowest BCUT2D eigenvalue weighted by atomic mass is 9.87. The summed E-state index contributed by atoms with van der Waals surface area (Å²) in [5.41, 5.74) is 0. The van der Waals surface area contributed by atoms with Crippen LogP contribution in [0.3, 0.4) is 0 Å². The number of carbonyl (C=O) groups is 3. The third kappa shape index (κ3) is 26.0. The second-order valence-electron chi connectivity index (χ2n) is 15.4. The fourth-order valence-electron chi connectivity index (χ4n) is 7.14. The quantitative estimate of drug-likeness (QED) is 0.0284. The smallest absolute Gasteiger partial charge is 0.305 e. The molecular weight excluding hydrogens is 660 g/mol. The predicted molar refractivity (Wildman–Crippen MR) is 208 cm³/mol. The number of esters is 2. The molecule has 0 amide bonds. The van der Waals surface area contributed by atoms with Crippen molar-refractivity contribution in [3.63, 3.8) is 0 Å². The molecule has 0 radical (unpaired) electrons. The van der Waals surface area contributed by atoms with Crippen molar-refractivity contribution >= 4 is 17.7 Å². The molecule has 4 N–H and O–H groups in total. The normalized spacial score (nSPS) is 20.0. The van der Waals surface area contributed by atoms with Gasteiger partial charge in [0.05, 0.1) is 18.3 Å². The predicted octanol–water partition coefficient (Wildman–Crippen LogP) is 8.85. The van der Waals surface area contributed by atoms with E-state index < -0.39 is 36.3 Å². The molecular formula is C43H78O9. The van der Waals surface area contributed by atoms with Crippen molar-refractivity contribution in [2.45, 2.75) is 218 Å². The van der Waals surface area contributed by atoms with Crippen LogP contribution in [0.2, 0.25) is 0 Å². The van der Waals surface area contributed by atoms with E-state index in [0.717, 1.165) is 38.5 Å². The summed E-state index contributed by atoms with van der Waals surface area (Å²) in [7, 11) is 0. The minimum Gasteiger partial charge on any atom is -0.463 e. The summed E-state index contributed by atoms with van der Waals surface area (Å²) in [6.07, 6.45) is 27.6. The lowest BCUT2D eigenvalue weighted by molar-refractivity contribution is -0.152.